The Morgan fingerprint density at radius 2 is 2.05 bits per heavy atom. The Bertz CT molecular complexity index is 655. The highest BCUT2D eigenvalue weighted by Gasteiger charge is 2.15. The highest BCUT2D eigenvalue weighted by molar-refractivity contribution is 5.38. The van der Waals surface area contributed by atoms with Crippen molar-refractivity contribution in [1.82, 2.24) is 15.1 Å². The number of halogens is 2. The van der Waals surface area contributed by atoms with Crippen LogP contribution in [0.5, 0.6) is 0 Å². The first-order valence-corrected chi connectivity index (χ1v) is 7.26. The summed E-state index contributed by atoms with van der Waals surface area (Å²) in [5.74, 6) is -1.08. The van der Waals surface area contributed by atoms with Gasteiger partial charge in [0.15, 0.2) is 5.82 Å². The lowest BCUT2D eigenvalue weighted by Gasteiger charge is -2.10. The smallest absolute Gasteiger partial charge is 0.151 e. The van der Waals surface area contributed by atoms with Gasteiger partial charge in [0.2, 0.25) is 0 Å². The molecule has 0 saturated carbocycles. The van der Waals surface area contributed by atoms with Gasteiger partial charge in [-0.05, 0) is 31.9 Å². The molecule has 120 valence electrons. The molecule has 0 amide bonds. The number of nitrogens with zero attached hydrogens (tertiary/aromatic N) is 2. The van der Waals surface area contributed by atoms with Crippen LogP contribution in [0.2, 0.25) is 0 Å². The number of nitrogens with one attached hydrogen (secondary N) is 1. The van der Waals surface area contributed by atoms with Crippen LogP contribution in [0, 0.1) is 31.4 Å². The second-order valence-electron chi connectivity index (χ2n) is 5.58. The van der Waals surface area contributed by atoms with E-state index in [0.29, 0.717) is 13.1 Å². The summed E-state index contributed by atoms with van der Waals surface area (Å²) in [5.41, 5.74) is 2.82. The molecule has 0 fully saturated rings. The summed E-state index contributed by atoms with van der Waals surface area (Å²) >= 11 is 0. The summed E-state index contributed by atoms with van der Waals surface area (Å²) in [6, 6.07) is 3.46. The Hall–Kier alpha value is -1.79. The van der Waals surface area contributed by atoms with Crippen molar-refractivity contribution in [2.75, 3.05) is 13.2 Å². The van der Waals surface area contributed by atoms with E-state index in [2.05, 4.69) is 10.4 Å². The summed E-state index contributed by atoms with van der Waals surface area (Å²) in [6.45, 7) is 7.07. The van der Waals surface area contributed by atoms with Crippen LogP contribution in [0.3, 0.4) is 0 Å². The zero-order chi connectivity index (χ0) is 16.3. The second-order valence-corrected chi connectivity index (χ2v) is 5.58. The largest absolute Gasteiger partial charge is 0.396 e. The van der Waals surface area contributed by atoms with Gasteiger partial charge in [0.05, 0.1) is 5.69 Å². The number of rotatable bonds is 6. The fraction of sp³-hybridized carbons (Fsp3) is 0.438. The van der Waals surface area contributed by atoms with Crippen molar-refractivity contribution in [3.05, 3.63) is 46.8 Å². The van der Waals surface area contributed by atoms with Crippen molar-refractivity contribution < 1.29 is 13.9 Å². The van der Waals surface area contributed by atoms with Gasteiger partial charge in [-0.2, -0.15) is 5.10 Å². The molecular formula is C16H21F2N3O. The molecule has 1 heterocycles. The van der Waals surface area contributed by atoms with Gasteiger partial charge in [0.1, 0.15) is 11.5 Å². The minimum atomic E-state index is -0.640. The number of aliphatic hydroxyl groups is 1. The molecule has 0 spiro atoms. The lowest BCUT2D eigenvalue weighted by molar-refractivity contribution is 0.233. The number of aryl methyl sites for hydroxylation is 1. The number of aliphatic hydroxyl groups excluding tert-OH is 1. The van der Waals surface area contributed by atoms with Crippen LogP contribution in [-0.2, 0) is 6.54 Å². The van der Waals surface area contributed by atoms with Crippen molar-refractivity contribution in [2.24, 2.45) is 5.92 Å². The molecule has 1 unspecified atom stereocenters. The fourth-order valence-electron chi connectivity index (χ4n) is 2.33. The molecule has 1 aromatic heterocycles. The van der Waals surface area contributed by atoms with E-state index in [9.17, 15) is 8.78 Å². The fourth-order valence-corrected chi connectivity index (χ4v) is 2.33. The molecule has 4 nitrogen and oxygen atoms in total. The summed E-state index contributed by atoms with van der Waals surface area (Å²) < 4.78 is 28.4. The third-order valence-electron chi connectivity index (χ3n) is 3.69. The highest BCUT2D eigenvalue weighted by atomic mass is 19.1. The van der Waals surface area contributed by atoms with Crippen LogP contribution < -0.4 is 5.32 Å². The van der Waals surface area contributed by atoms with Crippen LogP contribution >= 0.6 is 0 Å². The first-order valence-electron chi connectivity index (χ1n) is 7.26. The maximum Gasteiger partial charge on any atom is 0.151 e. The Morgan fingerprint density at radius 3 is 2.68 bits per heavy atom. The van der Waals surface area contributed by atoms with Crippen LogP contribution in [0.1, 0.15) is 23.9 Å². The second kappa shape index (κ2) is 6.98. The van der Waals surface area contributed by atoms with Gasteiger partial charge < -0.3 is 10.4 Å². The van der Waals surface area contributed by atoms with E-state index in [0.717, 1.165) is 23.0 Å². The minimum absolute atomic E-state index is 0.130. The third kappa shape index (κ3) is 3.51. The lowest BCUT2D eigenvalue weighted by Crippen LogP contribution is -2.23. The predicted molar refractivity (Wildman–Crippen MR) is 80.9 cm³/mol. The van der Waals surface area contributed by atoms with E-state index >= 15 is 0 Å². The maximum absolute atomic E-state index is 13.9. The van der Waals surface area contributed by atoms with Crippen LogP contribution in [0.25, 0.3) is 5.69 Å². The Morgan fingerprint density at radius 1 is 1.32 bits per heavy atom. The normalized spacial score (nSPS) is 12.6. The zero-order valence-electron chi connectivity index (χ0n) is 13.0. The average molecular weight is 309 g/mol. The lowest BCUT2D eigenvalue weighted by atomic mass is 10.1. The topological polar surface area (TPSA) is 50.1 Å². The maximum atomic E-state index is 13.9. The Kier molecular flexibility index (Phi) is 5.26. The van der Waals surface area contributed by atoms with E-state index < -0.39 is 11.6 Å². The van der Waals surface area contributed by atoms with Gasteiger partial charge in [0.25, 0.3) is 0 Å². The average Bonchev–Trinajstić information content (AvgIpc) is 2.75. The van der Waals surface area contributed by atoms with Crippen LogP contribution in [0.4, 0.5) is 8.78 Å². The van der Waals surface area contributed by atoms with Gasteiger partial charge in [-0.25, -0.2) is 13.5 Å². The van der Waals surface area contributed by atoms with Crippen molar-refractivity contribution >= 4 is 0 Å². The van der Waals surface area contributed by atoms with Crippen molar-refractivity contribution in [2.45, 2.75) is 27.3 Å². The number of benzene rings is 1. The summed E-state index contributed by atoms with van der Waals surface area (Å²) in [6.07, 6.45) is 0. The molecule has 22 heavy (non-hydrogen) atoms. The van der Waals surface area contributed by atoms with E-state index in [1.54, 1.807) is 0 Å². The Balaban J connectivity index is 2.23. The van der Waals surface area contributed by atoms with E-state index in [4.69, 9.17) is 5.11 Å². The van der Waals surface area contributed by atoms with E-state index in [1.807, 2.05) is 20.8 Å². The van der Waals surface area contributed by atoms with Crippen molar-refractivity contribution in [3.8, 4) is 5.69 Å². The number of hydrogen-bond acceptors (Lipinski definition) is 3. The zero-order valence-corrected chi connectivity index (χ0v) is 13.0. The van der Waals surface area contributed by atoms with Gasteiger partial charge >= 0.3 is 0 Å². The van der Waals surface area contributed by atoms with Gasteiger partial charge in [-0.1, -0.05) is 6.92 Å². The quantitative estimate of drug-likeness (QED) is 0.862. The third-order valence-corrected chi connectivity index (χ3v) is 3.69. The molecule has 1 atom stereocenters. The first-order chi connectivity index (χ1) is 10.4. The summed E-state index contributed by atoms with van der Waals surface area (Å²) in [5, 5.41) is 16.6. The van der Waals surface area contributed by atoms with Crippen LogP contribution in [-0.4, -0.2) is 28.0 Å². The SMILES string of the molecule is Cc1nn(-c2ccc(F)cc2F)c(C)c1CNCC(C)CO. The molecule has 2 rings (SSSR count). The first kappa shape index (κ1) is 16.6. The van der Waals surface area contributed by atoms with Crippen molar-refractivity contribution in [3.63, 3.8) is 0 Å². The molecule has 0 saturated heterocycles. The Labute approximate surface area is 128 Å². The van der Waals surface area contributed by atoms with Crippen molar-refractivity contribution in [1.29, 1.82) is 0 Å². The molecular weight excluding hydrogens is 288 g/mol. The standard InChI is InChI=1S/C16H21F2N3O/c1-10(9-22)7-19-8-14-11(2)20-21(12(14)3)16-5-4-13(17)6-15(16)18/h4-6,10,19,22H,7-9H2,1-3H3. The molecule has 2 N–H and O–H groups in total. The summed E-state index contributed by atoms with van der Waals surface area (Å²) in [4.78, 5) is 0. The molecule has 0 aliphatic rings. The molecule has 0 aliphatic heterocycles. The monoisotopic (exact) mass is 309 g/mol. The summed E-state index contributed by atoms with van der Waals surface area (Å²) in [7, 11) is 0. The highest BCUT2D eigenvalue weighted by Crippen LogP contribution is 2.20. The number of aromatic nitrogens is 2. The molecule has 2 aromatic rings. The van der Waals surface area contributed by atoms with Gasteiger partial charge in [-0.3, -0.25) is 0 Å². The molecule has 0 radical (unpaired) electrons. The van der Waals surface area contributed by atoms with Gasteiger partial charge in [0, 0.05) is 37.0 Å². The van der Waals surface area contributed by atoms with Gasteiger partial charge in [-0.15, -0.1) is 0 Å². The van der Waals surface area contributed by atoms with Crippen LogP contribution in [0.15, 0.2) is 18.2 Å². The molecule has 1 aromatic carbocycles. The number of hydrogen-bond donors (Lipinski definition) is 2. The van der Waals surface area contributed by atoms with E-state index in [1.165, 1.54) is 16.8 Å². The molecule has 0 bridgehead atoms. The van der Waals surface area contributed by atoms with E-state index in [-0.39, 0.29) is 18.2 Å². The minimum Gasteiger partial charge on any atom is -0.396 e. The molecule has 0 aliphatic carbocycles. The predicted octanol–water partition coefficient (Wildman–Crippen LogP) is 2.49. The molecule has 6 heteroatoms.